The summed E-state index contributed by atoms with van der Waals surface area (Å²) in [7, 11) is 1.56. The summed E-state index contributed by atoms with van der Waals surface area (Å²) in [5, 5.41) is 13.9. The first kappa shape index (κ1) is 23.2. The average Bonchev–Trinajstić information content (AvgIpc) is 2.89. The Hall–Kier alpha value is -4.55. The normalized spacial score (nSPS) is 22.1. The molecule has 36 heavy (non-hydrogen) atoms. The lowest BCUT2D eigenvalue weighted by Gasteiger charge is -2.33. The highest BCUT2D eigenvalue weighted by Gasteiger charge is 2.38. The zero-order valence-corrected chi connectivity index (χ0v) is 19.8. The van der Waals surface area contributed by atoms with Gasteiger partial charge in [0, 0.05) is 29.7 Å². The van der Waals surface area contributed by atoms with E-state index in [1.54, 1.807) is 37.4 Å². The number of benzene rings is 2. The number of aldehydes is 1. The smallest absolute Gasteiger partial charge is 0.198 e. The van der Waals surface area contributed by atoms with Crippen LogP contribution in [0.2, 0.25) is 0 Å². The van der Waals surface area contributed by atoms with Gasteiger partial charge < -0.3 is 20.0 Å². The van der Waals surface area contributed by atoms with Crippen molar-refractivity contribution < 1.29 is 24.2 Å². The topological polar surface area (TPSA) is 92.7 Å². The zero-order chi connectivity index (χ0) is 25.4. The Kier molecular flexibility index (Phi) is 5.96. The van der Waals surface area contributed by atoms with Crippen molar-refractivity contribution in [3.05, 3.63) is 81.6 Å². The third-order valence-corrected chi connectivity index (χ3v) is 6.76. The monoisotopic (exact) mass is 477 g/mol. The molecule has 6 heteroatoms. The molecule has 0 unspecified atom stereocenters. The summed E-state index contributed by atoms with van der Waals surface area (Å²) >= 11 is 0. The van der Waals surface area contributed by atoms with Gasteiger partial charge in [0.15, 0.2) is 11.6 Å². The van der Waals surface area contributed by atoms with Crippen LogP contribution in [0.3, 0.4) is 0 Å². The van der Waals surface area contributed by atoms with Gasteiger partial charge in [0.05, 0.1) is 30.1 Å². The fraction of sp³-hybridized carbons (Fsp3) is 0.233. The number of nitrogens with one attached hydrogen (secondary N) is 1. The molecule has 3 atom stereocenters. The number of ether oxygens (including phenoxy) is 1. The standard InChI is InChI=1S/C30H23NO5/c1-17-15-25(36-2)18-9-5-3-4-6-12-22(26(17)21(18)16-32)31-23-13-14-24(33)28-27(23)29(34)19-10-7-8-11-20(19)30(28)35/h7-8,10-11,13-16,18,21-22,31,33H,3-4H2,1-2H3/t18-,21-,22-/m0/s1. The van der Waals surface area contributed by atoms with Crippen LogP contribution in [0.1, 0.15) is 51.6 Å². The Bertz CT molecular complexity index is 1510. The number of carbonyl (C=O) groups excluding carboxylic acids is 3. The third kappa shape index (κ3) is 3.68. The fourth-order valence-corrected chi connectivity index (χ4v) is 5.08. The van der Waals surface area contributed by atoms with Crippen molar-refractivity contribution in [3.8, 4) is 29.4 Å². The lowest BCUT2D eigenvalue weighted by atomic mass is 9.75. The number of hydrogen-bond acceptors (Lipinski definition) is 6. The van der Waals surface area contributed by atoms with E-state index in [4.69, 9.17) is 4.74 Å². The SMILES string of the molecule is COC1=CC(C)=C2[C@@H](Nc3ccc(O)c4c3C(=O)c3ccccc3C4=O)C#CCCC#C[C@H]1[C@@H]2C=O. The molecule has 5 rings (SSSR count). The first-order valence-electron chi connectivity index (χ1n) is 11.7. The number of rotatable bonds is 4. The Morgan fingerprint density at radius 2 is 1.67 bits per heavy atom. The molecule has 3 aliphatic carbocycles. The second-order valence-corrected chi connectivity index (χ2v) is 8.83. The molecule has 0 saturated carbocycles. The third-order valence-electron chi connectivity index (χ3n) is 6.76. The molecule has 0 aromatic heterocycles. The van der Waals surface area contributed by atoms with E-state index >= 15 is 0 Å². The van der Waals surface area contributed by atoms with Crippen LogP contribution in [-0.2, 0) is 9.53 Å². The molecule has 2 bridgehead atoms. The number of fused-ring (bicyclic) bond motifs is 4. The number of carbonyl (C=O) groups is 3. The fourth-order valence-electron chi connectivity index (χ4n) is 5.08. The van der Waals surface area contributed by atoms with Crippen LogP contribution in [-0.4, -0.2) is 36.1 Å². The largest absolute Gasteiger partial charge is 0.507 e. The van der Waals surface area contributed by atoms with Gasteiger partial charge in [0.1, 0.15) is 23.8 Å². The second-order valence-electron chi connectivity index (χ2n) is 8.83. The molecule has 0 spiro atoms. The number of ketones is 2. The van der Waals surface area contributed by atoms with Crippen molar-refractivity contribution in [3.63, 3.8) is 0 Å². The highest BCUT2D eigenvalue weighted by atomic mass is 16.5. The van der Waals surface area contributed by atoms with Crippen molar-refractivity contribution in [2.24, 2.45) is 11.8 Å². The molecular formula is C30H23NO5. The number of phenols is 1. The molecule has 6 nitrogen and oxygen atoms in total. The Balaban J connectivity index is 1.66. The van der Waals surface area contributed by atoms with Gasteiger partial charge in [-0.3, -0.25) is 9.59 Å². The molecule has 0 fully saturated rings. The molecule has 0 aliphatic heterocycles. The zero-order valence-electron chi connectivity index (χ0n) is 19.8. The summed E-state index contributed by atoms with van der Waals surface area (Å²) in [5.41, 5.74) is 2.50. The van der Waals surface area contributed by atoms with Crippen molar-refractivity contribution in [2.75, 3.05) is 12.4 Å². The molecule has 3 aliphatic rings. The van der Waals surface area contributed by atoms with E-state index in [1.807, 2.05) is 13.0 Å². The van der Waals surface area contributed by atoms with Crippen LogP contribution in [0, 0.1) is 35.5 Å². The highest BCUT2D eigenvalue weighted by molar-refractivity contribution is 6.31. The van der Waals surface area contributed by atoms with E-state index in [-0.39, 0.29) is 33.8 Å². The molecule has 0 radical (unpaired) electrons. The molecule has 2 aromatic carbocycles. The van der Waals surface area contributed by atoms with Gasteiger partial charge >= 0.3 is 0 Å². The number of allylic oxidation sites excluding steroid dienone is 3. The van der Waals surface area contributed by atoms with Crippen LogP contribution >= 0.6 is 0 Å². The van der Waals surface area contributed by atoms with Gasteiger partial charge in [-0.25, -0.2) is 0 Å². The Labute approximate surface area is 209 Å². The van der Waals surface area contributed by atoms with Gasteiger partial charge in [0.25, 0.3) is 0 Å². The first-order valence-corrected chi connectivity index (χ1v) is 11.7. The Morgan fingerprint density at radius 3 is 2.33 bits per heavy atom. The summed E-state index contributed by atoms with van der Waals surface area (Å²) in [6.45, 7) is 1.88. The number of aromatic hydroxyl groups is 1. The first-order chi connectivity index (χ1) is 17.5. The number of methoxy groups -OCH3 is 1. The van der Waals surface area contributed by atoms with Crippen LogP contribution in [0.5, 0.6) is 5.75 Å². The minimum atomic E-state index is -0.633. The van der Waals surface area contributed by atoms with Crippen molar-refractivity contribution in [1.29, 1.82) is 0 Å². The number of anilines is 1. The summed E-state index contributed by atoms with van der Waals surface area (Å²) in [5.74, 6) is 11.1. The number of hydrogen-bond donors (Lipinski definition) is 2. The second kappa shape index (κ2) is 9.24. The lowest BCUT2D eigenvalue weighted by Crippen LogP contribution is -2.34. The van der Waals surface area contributed by atoms with Gasteiger partial charge in [-0.15, -0.1) is 5.92 Å². The maximum absolute atomic E-state index is 13.5. The van der Waals surface area contributed by atoms with E-state index in [2.05, 4.69) is 29.0 Å². The minimum Gasteiger partial charge on any atom is -0.507 e. The van der Waals surface area contributed by atoms with E-state index < -0.39 is 23.7 Å². The molecule has 178 valence electrons. The summed E-state index contributed by atoms with van der Waals surface area (Å²) in [6, 6.07) is 8.89. The predicted molar refractivity (Wildman–Crippen MR) is 134 cm³/mol. The van der Waals surface area contributed by atoms with E-state index in [0.717, 1.165) is 17.4 Å². The molecule has 2 aromatic rings. The number of phenolic OH excluding ortho intramolecular Hbond substituents is 1. The van der Waals surface area contributed by atoms with Gasteiger partial charge in [0.2, 0.25) is 0 Å². The van der Waals surface area contributed by atoms with Gasteiger partial charge in [-0.1, -0.05) is 42.0 Å². The molecule has 0 amide bonds. The molecule has 2 N–H and O–H groups in total. The predicted octanol–water partition coefficient (Wildman–Crippen LogP) is 4.04. The van der Waals surface area contributed by atoms with Crippen molar-refractivity contribution in [2.45, 2.75) is 25.8 Å². The van der Waals surface area contributed by atoms with Crippen LogP contribution in [0.25, 0.3) is 0 Å². The lowest BCUT2D eigenvalue weighted by molar-refractivity contribution is -0.111. The van der Waals surface area contributed by atoms with Crippen LogP contribution in [0.4, 0.5) is 5.69 Å². The maximum atomic E-state index is 13.5. The quantitative estimate of drug-likeness (QED) is 0.335. The van der Waals surface area contributed by atoms with Gasteiger partial charge in [-0.05, 0) is 36.3 Å². The average molecular weight is 478 g/mol. The van der Waals surface area contributed by atoms with Crippen molar-refractivity contribution in [1.82, 2.24) is 0 Å². The summed E-state index contributed by atoms with van der Waals surface area (Å²) < 4.78 is 5.55. The molecular weight excluding hydrogens is 454 g/mol. The highest BCUT2D eigenvalue weighted by Crippen LogP contribution is 2.40. The molecule has 0 saturated heterocycles. The maximum Gasteiger partial charge on any atom is 0.198 e. The summed E-state index contributed by atoms with van der Waals surface area (Å²) in [4.78, 5) is 39.1. The van der Waals surface area contributed by atoms with Crippen LogP contribution in [0.15, 0.2) is 59.4 Å². The van der Waals surface area contributed by atoms with E-state index in [1.165, 1.54) is 6.07 Å². The molecule has 0 heterocycles. The summed E-state index contributed by atoms with van der Waals surface area (Å²) in [6.07, 6.45) is 3.82. The van der Waals surface area contributed by atoms with E-state index in [0.29, 0.717) is 24.3 Å². The Morgan fingerprint density at radius 1 is 1.00 bits per heavy atom. The minimum absolute atomic E-state index is 0.0388. The van der Waals surface area contributed by atoms with Crippen LogP contribution < -0.4 is 5.32 Å². The van der Waals surface area contributed by atoms with Gasteiger partial charge in [-0.2, -0.15) is 0 Å². The van der Waals surface area contributed by atoms with E-state index in [9.17, 15) is 19.5 Å². The van der Waals surface area contributed by atoms with Crippen molar-refractivity contribution >= 4 is 23.5 Å².